The minimum Gasteiger partial charge on any atom is -0.493 e. The lowest BCUT2D eigenvalue weighted by atomic mass is 9.99. The molecular formula is C22H20F3NO5. The number of fused-ring (bicyclic) bond motifs is 2. The van der Waals surface area contributed by atoms with E-state index in [1.165, 1.54) is 12.1 Å². The van der Waals surface area contributed by atoms with E-state index in [9.17, 15) is 23.1 Å². The fourth-order valence-corrected chi connectivity index (χ4v) is 3.43. The summed E-state index contributed by atoms with van der Waals surface area (Å²) in [5.74, 6) is 0.596. The lowest BCUT2D eigenvalue weighted by molar-refractivity contribution is -0.137. The van der Waals surface area contributed by atoms with Crippen molar-refractivity contribution in [3.8, 4) is 17.2 Å². The number of aliphatic hydroxyl groups excluding tert-OH is 1. The molecule has 2 aromatic carbocycles. The number of nitrogens with one attached hydrogen (secondary N) is 1. The van der Waals surface area contributed by atoms with Crippen LogP contribution in [0.4, 0.5) is 18.9 Å². The Bertz CT molecular complexity index is 1020. The van der Waals surface area contributed by atoms with Crippen LogP contribution < -0.4 is 19.5 Å². The van der Waals surface area contributed by atoms with Crippen LogP contribution in [0.25, 0.3) is 5.57 Å². The Labute approximate surface area is 176 Å². The van der Waals surface area contributed by atoms with Gasteiger partial charge in [-0.1, -0.05) is 6.07 Å². The van der Waals surface area contributed by atoms with E-state index in [1.54, 1.807) is 18.2 Å². The standard InChI is InChI=1S/C22H20F3NO5/c23-22(24,25)14-3-5-17-13(2-1-7-29-19(17)9-14)8-21(28)26-15-4-6-18-20(10-15)31-16(11-27)12-30-18/h3-6,8-10,16,27H,1-2,7,11-12H2,(H,26,28). The maximum atomic E-state index is 13.0. The average molecular weight is 435 g/mol. The van der Waals surface area contributed by atoms with Crippen LogP contribution in [-0.2, 0) is 11.0 Å². The molecule has 0 saturated carbocycles. The predicted octanol–water partition coefficient (Wildman–Crippen LogP) is 4.03. The van der Waals surface area contributed by atoms with Crippen LogP contribution in [0.15, 0.2) is 42.5 Å². The number of carbonyl (C=O) groups excluding carboxylic acids is 1. The molecule has 4 rings (SSSR count). The van der Waals surface area contributed by atoms with Crippen molar-refractivity contribution >= 4 is 17.2 Å². The third-order valence-corrected chi connectivity index (χ3v) is 4.94. The van der Waals surface area contributed by atoms with Crippen molar-refractivity contribution in [2.45, 2.75) is 25.1 Å². The van der Waals surface area contributed by atoms with Crippen molar-refractivity contribution in [3.63, 3.8) is 0 Å². The first-order chi connectivity index (χ1) is 14.8. The first-order valence-electron chi connectivity index (χ1n) is 9.74. The molecular weight excluding hydrogens is 415 g/mol. The highest BCUT2D eigenvalue weighted by atomic mass is 19.4. The number of alkyl halides is 3. The highest BCUT2D eigenvalue weighted by Gasteiger charge is 2.32. The van der Waals surface area contributed by atoms with Gasteiger partial charge in [0.05, 0.1) is 18.8 Å². The van der Waals surface area contributed by atoms with Gasteiger partial charge in [0, 0.05) is 23.4 Å². The van der Waals surface area contributed by atoms with E-state index in [-0.39, 0.29) is 25.6 Å². The molecule has 0 aromatic heterocycles. The normalized spacial score (nSPS) is 19.2. The largest absolute Gasteiger partial charge is 0.493 e. The Morgan fingerprint density at radius 2 is 1.97 bits per heavy atom. The Morgan fingerprint density at radius 3 is 2.74 bits per heavy atom. The SMILES string of the molecule is O=C(C=C1CCCOc2cc(C(F)(F)F)ccc21)Nc1ccc2c(c1)OC(CO)CO2. The van der Waals surface area contributed by atoms with Gasteiger partial charge in [-0.05, 0) is 42.7 Å². The number of carbonyl (C=O) groups is 1. The van der Waals surface area contributed by atoms with E-state index in [0.717, 1.165) is 12.1 Å². The summed E-state index contributed by atoms with van der Waals surface area (Å²) in [5, 5.41) is 11.9. The van der Waals surface area contributed by atoms with Crippen LogP contribution in [0.2, 0.25) is 0 Å². The molecule has 2 heterocycles. The number of rotatable bonds is 3. The van der Waals surface area contributed by atoms with Crippen molar-refractivity contribution in [2.24, 2.45) is 0 Å². The molecule has 1 amide bonds. The Hall–Kier alpha value is -3.20. The molecule has 6 nitrogen and oxygen atoms in total. The van der Waals surface area contributed by atoms with Gasteiger partial charge < -0.3 is 24.6 Å². The minimum absolute atomic E-state index is 0.112. The highest BCUT2D eigenvalue weighted by molar-refractivity contribution is 6.04. The summed E-state index contributed by atoms with van der Waals surface area (Å²) in [6.07, 6.45) is -2.52. The van der Waals surface area contributed by atoms with E-state index < -0.39 is 23.8 Å². The number of anilines is 1. The average Bonchev–Trinajstić information content (AvgIpc) is 2.94. The molecule has 2 aliphatic rings. The van der Waals surface area contributed by atoms with Crippen molar-refractivity contribution in [1.82, 2.24) is 0 Å². The van der Waals surface area contributed by atoms with Gasteiger partial charge in [0.2, 0.25) is 5.91 Å². The van der Waals surface area contributed by atoms with Gasteiger partial charge in [0.1, 0.15) is 12.4 Å². The van der Waals surface area contributed by atoms with E-state index in [0.29, 0.717) is 41.2 Å². The molecule has 164 valence electrons. The van der Waals surface area contributed by atoms with Gasteiger partial charge in [-0.15, -0.1) is 0 Å². The van der Waals surface area contributed by atoms with Crippen LogP contribution in [0, 0.1) is 0 Å². The van der Waals surface area contributed by atoms with E-state index in [2.05, 4.69) is 5.32 Å². The molecule has 0 radical (unpaired) electrons. The van der Waals surface area contributed by atoms with Gasteiger partial charge >= 0.3 is 6.18 Å². The Balaban J connectivity index is 1.55. The zero-order valence-electron chi connectivity index (χ0n) is 16.4. The lowest BCUT2D eigenvalue weighted by Gasteiger charge is -2.25. The number of benzene rings is 2. The van der Waals surface area contributed by atoms with Gasteiger partial charge in [-0.25, -0.2) is 0 Å². The minimum atomic E-state index is -4.47. The van der Waals surface area contributed by atoms with E-state index in [4.69, 9.17) is 14.2 Å². The van der Waals surface area contributed by atoms with Gasteiger partial charge in [0.25, 0.3) is 0 Å². The summed E-state index contributed by atoms with van der Waals surface area (Å²) in [6, 6.07) is 8.17. The number of allylic oxidation sites excluding steroid dienone is 1. The zero-order chi connectivity index (χ0) is 22.0. The highest BCUT2D eigenvalue weighted by Crippen LogP contribution is 2.38. The molecule has 2 N–H and O–H groups in total. The predicted molar refractivity (Wildman–Crippen MR) is 106 cm³/mol. The molecule has 1 atom stereocenters. The van der Waals surface area contributed by atoms with E-state index in [1.807, 2.05) is 0 Å². The number of hydrogen-bond acceptors (Lipinski definition) is 5. The van der Waals surface area contributed by atoms with Crippen LogP contribution in [0.1, 0.15) is 24.0 Å². The summed E-state index contributed by atoms with van der Waals surface area (Å²) >= 11 is 0. The summed E-state index contributed by atoms with van der Waals surface area (Å²) in [6.45, 7) is 0.306. The van der Waals surface area contributed by atoms with Crippen LogP contribution >= 0.6 is 0 Å². The summed E-state index contributed by atoms with van der Waals surface area (Å²) in [7, 11) is 0. The topological polar surface area (TPSA) is 77.0 Å². The summed E-state index contributed by atoms with van der Waals surface area (Å²) in [4.78, 5) is 12.6. The fourth-order valence-electron chi connectivity index (χ4n) is 3.43. The summed E-state index contributed by atoms with van der Waals surface area (Å²) < 4.78 is 55.6. The molecule has 2 aromatic rings. The molecule has 9 heteroatoms. The number of aliphatic hydroxyl groups is 1. The van der Waals surface area contributed by atoms with Crippen molar-refractivity contribution < 1.29 is 37.3 Å². The fraction of sp³-hybridized carbons (Fsp3) is 0.318. The lowest BCUT2D eigenvalue weighted by Crippen LogP contribution is -2.32. The molecule has 0 bridgehead atoms. The second-order valence-electron chi connectivity index (χ2n) is 7.21. The number of halogens is 3. The van der Waals surface area contributed by atoms with Crippen molar-refractivity contribution in [2.75, 3.05) is 25.1 Å². The van der Waals surface area contributed by atoms with Crippen LogP contribution in [-0.4, -0.2) is 36.9 Å². The third-order valence-electron chi connectivity index (χ3n) is 4.94. The first kappa shape index (κ1) is 21.0. The number of ether oxygens (including phenoxy) is 3. The van der Waals surface area contributed by atoms with Gasteiger partial charge in [0.15, 0.2) is 17.6 Å². The van der Waals surface area contributed by atoms with E-state index >= 15 is 0 Å². The quantitative estimate of drug-likeness (QED) is 0.712. The molecule has 1 unspecified atom stereocenters. The Morgan fingerprint density at radius 1 is 1.13 bits per heavy atom. The van der Waals surface area contributed by atoms with Gasteiger partial charge in [-0.3, -0.25) is 4.79 Å². The number of hydrogen-bond donors (Lipinski definition) is 2. The second-order valence-corrected chi connectivity index (χ2v) is 7.21. The molecule has 31 heavy (non-hydrogen) atoms. The van der Waals surface area contributed by atoms with Gasteiger partial charge in [-0.2, -0.15) is 13.2 Å². The molecule has 2 aliphatic heterocycles. The van der Waals surface area contributed by atoms with Crippen molar-refractivity contribution in [3.05, 3.63) is 53.6 Å². The van der Waals surface area contributed by atoms with Crippen LogP contribution in [0.5, 0.6) is 17.2 Å². The number of amides is 1. The summed E-state index contributed by atoms with van der Waals surface area (Å²) in [5.41, 5.74) is 0.722. The first-order valence-corrected chi connectivity index (χ1v) is 9.74. The maximum absolute atomic E-state index is 13.0. The molecule has 0 aliphatic carbocycles. The monoisotopic (exact) mass is 435 g/mol. The second kappa shape index (κ2) is 8.50. The molecule has 0 spiro atoms. The molecule has 0 saturated heterocycles. The van der Waals surface area contributed by atoms with Crippen LogP contribution in [0.3, 0.4) is 0 Å². The molecule has 0 fully saturated rings. The zero-order valence-corrected chi connectivity index (χ0v) is 16.4. The Kier molecular flexibility index (Phi) is 5.77. The third kappa shape index (κ3) is 4.77. The van der Waals surface area contributed by atoms with Crippen molar-refractivity contribution in [1.29, 1.82) is 0 Å². The smallest absolute Gasteiger partial charge is 0.416 e. The maximum Gasteiger partial charge on any atom is 0.416 e.